The number of benzene rings is 2. The van der Waals surface area contributed by atoms with Crippen molar-refractivity contribution in [2.45, 2.75) is 32.7 Å². The first-order chi connectivity index (χ1) is 19.4. The summed E-state index contributed by atoms with van der Waals surface area (Å²) in [6.07, 6.45) is 5.53. The number of nitrogens with zero attached hydrogens (tertiary/aromatic N) is 4. The zero-order chi connectivity index (χ0) is 27.5. The number of likely N-dealkylation sites (N-methyl/N-ethyl adjacent to an activating group) is 1. The van der Waals surface area contributed by atoms with Crippen molar-refractivity contribution in [2.75, 3.05) is 55.4 Å². The zero-order valence-electron chi connectivity index (χ0n) is 22.9. The average molecular weight is 559 g/mol. The van der Waals surface area contributed by atoms with Crippen LogP contribution >= 0.6 is 11.6 Å². The highest BCUT2D eigenvalue weighted by molar-refractivity contribution is 6.36. The van der Waals surface area contributed by atoms with Gasteiger partial charge in [0, 0.05) is 72.5 Å². The molecule has 0 aliphatic carbocycles. The van der Waals surface area contributed by atoms with Gasteiger partial charge in [0.15, 0.2) is 0 Å². The van der Waals surface area contributed by atoms with Gasteiger partial charge in [-0.1, -0.05) is 11.6 Å². The van der Waals surface area contributed by atoms with Crippen LogP contribution in [0.2, 0.25) is 5.02 Å². The fraction of sp³-hybridized carbons (Fsp3) is 0.355. The maximum absolute atomic E-state index is 15.6. The highest BCUT2D eigenvalue weighted by Crippen LogP contribution is 2.41. The van der Waals surface area contributed by atoms with Gasteiger partial charge in [-0.25, -0.2) is 14.4 Å². The number of hydrogen-bond donors (Lipinski definition) is 2. The van der Waals surface area contributed by atoms with Gasteiger partial charge in [0.25, 0.3) is 0 Å². The molecule has 0 bridgehead atoms. The summed E-state index contributed by atoms with van der Waals surface area (Å²) in [7, 11) is 2.21. The number of ether oxygens (including phenoxy) is 1. The molecule has 5 heterocycles. The SMILES string of the molecule is Cc1cc(Nc2cc3cc(-c4cnc5c(c4C)NCCO5)c(F)c(Cl)c3cn2)cc2c1N1CCN(C)CC1CC2. The molecule has 1 atom stereocenters. The standard InChI is InChI=1S/C31H32ClFN6O/c1-17-10-21(11-19-4-5-22-16-38(3)7-8-39(22)30(17)19)37-26-13-20-12-23(28(33)27(32)25(20)15-35-26)24-14-36-31-29(18(24)2)34-6-9-40-31/h10-15,22,34H,4-9,16H2,1-3H3,(H,35,37). The van der Waals surface area contributed by atoms with E-state index in [1.165, 1.54) is 23.2 Å². The zero-order valence-corrected chi connectivity index (χ0v) is 23.7. The minimum Gasteiger partial charge on any atom is -0.474 e. The van der Waals surface area contributed by atoms with Gasteiger partial charge in [-0.05, 0) is 80.1 Å². The Labute approximate surface area is 238 Å². The monoisotopic (exact) mass is 558 g/mol. The van der Waals surface area contributed by atoms with Crippen molar-refractivity contribution in [2.24, 2.45) is 0 Å². The van der Waals surface area contributed by atoms with E-state index in [2.05, 4.69) is 56.5 Å². The summed E-state index contributed by atoms with van der Waals surface area (Å²) < 4.78 is 21.2. The first kappa shape index (κ1) is 25.4. The molecular weight excluding hydrogens is 527 g/mol. The number of pyridine rings is 2. The third kappa shape index (κ3) is 4.21. The number of hydrogen-bond acceptors (Lipinski definition) is 7. The first-order valence-electron chi connectivity index (χ1n) is 13.9. The molecule has 3 aliphatic heterocycles. The number of aromatic nitrogens is 2. The van der Waals surface area contributed by atoms with E-state index in [0.717, 1.165) is 48.4 Å². The van der Waals surface area contributed by atoms with Crippen molar-refractivity contribution in [3.05, 3.63) is 64.2 Å². The van der Waals surface area contributed by atoms with Gasteiger partial charge in [-0.2, -0.15) is 0 Å². The molecule has 1 fully saturated rings. The second-order valence-corrected chi connectivity index (χ2v) is 11.5. The maximum Gasteiger partial charge on any atom is 0.237 e. The van der Waals surface area contributed by atoms with Crippen LogP contribution in [0.15, 0.2) is 36.7 Å². The molecule has 7 nitrogen and oxygen atoms in total. The average Bonchev–Trinajstić information content (AvgIpc) is 2.95. The van der Waals surface area contributed by atoms with Crippen LogP contribution in [0.5, 0.6) is 5.88 Å². The molecule has 1 unspecified atom stereocenters. The van der Waals surface area contributed by atoms with Gasteiger partial charge in [0.2, 0.25) is 5.88 Å². The summed E-state index contributed by atoms with van der Waals surface area (Å²) in [6, 6.07) is 8.80. The first-order valence-corrected chi connectivity index (χ1v) is 14.3. The van der Waals surface area contributed by atoms with Crippen LogP contribution in [0.4, 0.5) is 27.3 Å². The van der Waals surface area contributed by atoms with E-state index >= 15 is 4.39 Å². The molecule has 9 heteroatoms. The van der Waals surface area contributed by atoms with Gasteiger partial charge >= 0.3 is 0 Å². The third-order valence-corrected chi connectivity index (χ3v) is 8.88. The predicted molar refractivity (Wildman–Crippen MR) is 160 cm³/mol. The van der Waals surface area contributed by atoms with Crippen LogP contribution in [-0.2, 0) is 6.42 Å². The number of aryl methyl sites for hydroxylation is 2. The normalized spacial score (nSPS) is 18.4. The van der Waals surface area contributed by atoms with Crippen molar-refractivity contribution < 1.29 is 9.13 Å². The largest absolute Gasteiger partial charge is 0.474 e. The molecule has 2 aromatic carbocycles. The fourth-order valence-corrected chi connectivity index (χ4v) is 6.79. The number of nitrogens with one attached hydrogen (secondary N) is 2. The van der Waals surface area contributed by atoms with Crippen molar-refractivity contribution in [1.82, 2.24) is 14.9 Å². The molecule has 0 radical (unpaired) electrons. The minimum absolute atomic E-state index is 0.0548. The van der Waals surface area contributed by atoms with Crippen molar-refractivity contribution in [3.8, 4) is 17.0 Å². The van der Waals surface area contributed by atoms with Crippen LogP contribution in [0.1, 0.15) is 23.1 Å². The maximum atomic E-state index is 15.6. The summed E-state index contributed by atoms with van der Waals surface area (Å²) in [6.45, 7) is 8.65. The summed E-state index contributed by atoms with van der Waals surface area (Å²) in [5.74, 6) is 0.744. The lowest BCUT2D eigenvalue weighted by atomic mass is 9.91. The highest BCUT2D eigenvalue weighted by Gasteiger charge is 2.31. The van der Waals surface area contributed by atoms with E-state index < -0.39 is 5.82 Å². The third-order valence-electron chi connectivity index (χ3n) is 8.51. The van der Waals surface area contributed by atoms with Crippen LogP contribution in [-0.4, -0.2) is 60.7 Å². The second-order valence-electron chi connectivity index (χ2n) is 11.2. The molecule has 4 aromatic rings. The lowest BCUT2D eigenvalue weighted by Gasteiger charge is -2.46. The number of anilines is 4. The smallest absolute Gasteiger partial charge is 0.237 e. The van der Waals surface area contributed by atoms with Crippen LogP contribution in [0.3, 0.4) is 0 Å². The molecule has 7 rings (SSSR count). The van der Waals surface area contributed by atoms with Crippen LogP contribution in [0, 0.1) is 19.7 Å². The Morgan fingerprint density at radius 3 is 2.85 bits per heavy atom. The quantitative estimate of drug-likeness (QED) is 0.305. The van der Waals surface area contributed by atoms with E-state index in [4.69, 9.17) is 16.3 Å². The van der Waals surface area contributed by atoms with E-state index in [1.807, 2.05) is 19.1 Å². The van der Waals surface area contributed by atoms with Gasteiger partial charge in [-0.15, -0.1) is 0 Å². The van der Waals surface area contributed by atoms with Crippen molar-refractivity contribution in [3.63, 3.8) is 0 Å². The topological polar surface area (TPSA) is 65.6 Å². The van der Waals surface area contributed by atoms with Crippen molar-refractivity contribution >= 4 is 45.3 Å². The van der Waals surface area contributed by atoms with E-state index in [9.17, 15) is 0 Å². The summed E-state index contributed by atoms with van der Waals surface area (Å²) in [5.41, 5.74) is 7.80. The molecule has 0 amide bonds. The molecule has 3 aliphatic rings. The van der Waals surface area contributed by atoms with E-state index in [0.29, 0.717) is 47.4 Å². The number of fused-ring (bicyclic) bond motifs is 5. The molecule has 40 heavy (non-hydrogen) atoms. The Balaban J connectivity index is 1.23. The number of rotatable bonds is 3. The Hall–Kier alpha value is -3.62. The minimum atomic E-state index is -0.481. The molecule has 1 saturated heterocycles. The van der Waals surface area contributed by atoms with Gasteiger partial charge in [0.05, 0.1) is 5.02 Å². The Morgan fingerprint density at radius 2 is 1.98 bits per heavy atom. The van der Waals surface area contributed by atoms with E-state index in [-0.39, 0.29) is 5.02 Å². The highest BCUT2D eigenvalue weighted by atomic mass is 35.5. The molecule has 2 N–H and O–H groups in total. The molecule has 0 spiro atoms. The number of halogens is 2. The number of piperazine rings is 1. The van der Waals surface area contributed by atoms with E-state index in [1.54, 1.807) is 12.4 Å². The Kier molecular flexibility index (Phi) is 6.20. The lowest BCUT2D eigenvalue weighted by molar-refractivity contribution is 0.255. The Morgan fingerprint density at radius 1 is 1.10 bits per heavy atom. The Bertz CT molecular complexity index is 1660. The van der Waals surface area contributed by atoms with Gasteiger partial charge in [-0.3, -0.25) is 0 Å². The van der Waals surface area contributed by atoms with Crippen LogP contribution < -0.4 is 20.3 Å². The van der Waals surface area contributed by atoms with Gasteiger partial charge < -0.3 is 25.2 Å². The van der Waals surface area contributed by atoms with Crippen molar-refractivity contribution in [1.29, 1.82) is 0 Å². The molecular formula is C31H32ClFN6O. The molecule has 2 aromatic heterocycles. The lowest BCUT2D eigenvalue weighted by Crippen LogP contribution is -2.54. The molecule has 0 saturated carbocycles. The van der Waals surface area contributed by atoms with Gasteiger partial charge in [0.1, 0.15) is 23.9 Å². The second kappa shape index (κ2) is 9.78. The predicted octanol–water partition coefficient (Wildman–Crippen LogP) is 6.32. The summed E-state index contributed by atoms with van der Waals surface area (Å²) in [5, 5.41) is 8.25. The molecule has 206 valence electrons. The summed E-state index contributed by atoms with van der Waals surface area (Å²) >= 11 is 6.55. The fourth-order valence-electron chi connectivity index (χ4n) is 6.53. The summed E-state index contributed by atoms with van der Waals surface area (Å²) in [4.78, 5) is 14.0. The van der Waals surface area contributed by atoms with Crippen LogP contribution in [0.25, 0.3) is 21.9 Å².